The van der Waals surface area contributed by atoms with Crippen molar-refractivity contribution in [1.29, 1.82) is 0 Å². The first-order valence-electron chi connectivity index (χ1n) is 7.84. The van der Waals surface area contributed by atoms with Gasteiger partial charge in [-0.05, 0) is 55.9 Å². The van der Waals surface area contributed by atoms with Gasteiger partial charge in [0, 0.05) is 18.6 Å². The number of nitrogens with two attached hydrogens (primary N) is 1. The second-order valence-corrected chi connectivity index (χ2v) is 7.83. The molecule has 2 aliphatic rings. The van der Waals surface area contributed by atoms with Crippen LogP contribution in [0.3, 0.4) is 0 Å². The Morgan fingerprint density at radius 3 is 2.22 bits per heavy atom. The summed E-state index contributed by atoms with van der Waals surface area (Å²) in [6.45, 7) is 13.0. The molecule has 2 N–H and O–H groups in total. The van der Waals surface area contributed by atoms with E-state index in [-0.39, 0.29) is 0 Å². The average molecular weight is 252 g/mol. The van der Waals surface area contributed by atoms with Crippen LogP contribution in [0.2, 0.25) is 0 Å². The van der Waals surface area contributed by atoms with Gasteiger partial charge in [-0.1, -0.05) is 27.7 Å². The van der Waals surface area contributed by atoms with Crippen molar-refractivity contribution in [2.75, 3.05) is 19.6 Å². The lowest BCUT2D eigenvalue weighted by Gasteiger charge is -2.48. The summed E-state index contributed by atoms with van der Waals surface area (Å²) < 4.78 is 0. The van der Waals surface area contributed by atoms with E-state index in [1.54, 1.807) is 0 Å². The van der Waals surface area contributed by atoms with Crippen molar-refractivity contribution in [3.8, 4) is 0 Å². The monoisotopic (exact) mass is 252 g/mol. The zero-order valence-electron chi connectivity index (χ0n) is 12.8. The van der Waals surface area contributed by atoms with Crippen LogP contribution >= 0.6 is 0 Å². The Morgan fingerprint density at radius 2 is 1.78 bits per heavy atom. The summed E-state index contributed by atoms with van der Waals surface area (Å²) in [4.78, 5) is 2.74. The molecule has 0 spiro atoms. The maximum Gasteiger partial charge on any atom is 0.0332 e. The van der Waals surface area contributed by atoms with Crippen molar-refractivity contribution in [3.63, 3.8) is 0 Å². The van der Waals surface area contributed by atoms with Gasteiger partial charge in [-0.15, -0.1) is 0 Å². The fourth-order valence-corrected chi connectivity index (χ4v) is 3.80. The molecule has 2 heteroatoms. The molecule has 1 aliphatic carbocycles. The summed E-state index contributed by atoms with van der Waals surface area (Å²) in [5.41, 5.74) is 7.06. The van der Waals surface area contributed by atoms with Crippen LogP contribution in [0.1, 0.15) is 59.8 Å². The van der Waals surface area contributed by atoms with E-state index in [1.165, 1.54) is 45.2 Å². The highest BCUT2D eigenvalue weighted by Crippen LogP contribution is 2.44. The first-order valence-corrected chi connectivity index (χ1v) is 7.84. The third kappa shape index (κ3) is 2.75. The normalized spacial score (nSPS) is 32.0. The second-order valence-electron chi connectivity index (χ2n) is 7.83. The van der Waals surface area contributed by atoms with Gasteiger partial charge in [0.25, 0.3) is 0 Å². The molecule has 1 unspecified atom stereocenters. The van der Waals surface area contributed by atoms with Gasteiger partial charge in [-0.2, -0.15) is 0 Å². The number of hydrogen-bond acceptors (Lipinski definition) is 2. The Bertz CT molecular complexity index is 273. The number of rotatable bonds is 3. The molecule has 1 saturated carbocycles. The van der Waals surface area contributed by atoms with Gasteiger partial charge in [0.1, 0.15) is 0 Å². The number of hydrogen-bond donors (Lipinski definition) is 1. The molecule has 0 aromatic heterocycles. The van der Waals surface area contributed by atoms with Gasteiger partial charge in [0.15, 0.2) is 0 Å². The molecule has 1 heterocycles. The lowest BCUT2D eigenvalue weighted by atomic mass is 9.68. The van der Waals surface area contributed by atoms with E-state index in [4.69, 9.17) is 5.73 Å². The molecule has 1 saturated heterocycles. The van der Waals surface area contributed by atoms with E-state index in [2.05, 4.69) is 32.6 Å². The average Bonchev–Trinajstić information content (AvgIpc) is 2.80. The van der Waals surface area contributed by atoms with Gasteiger partial charge in [-0.25, -0.2) is 0 Å². The molecule has 0 aromatic rings. The van der Waals surface area contributed by atoms with Crippen molar-refractivity contribution >= 4 is 0 Å². The largest absolute Gasteiger partial charge is 0.329 e. The first-order chi connectivity index (χ1) is 8.38. The smallest absolute Gasteiger partial charge is 0.0332 e. The molecule has 0 bridgehead atoms. The van der Waals surface area contributed by atoms with Crippen LogP contribution in [-0.2, 0) is 0 Å². The minimum atomic E-state index is 0.332. The van der Waals surface area contributed by atoms with Crippen LogP contribution in [-0.4, -0.2) is 30.1 Å². The van der Waals surface area contributed by atoms with Crippen LogP contribution < -0.4 is 5.73 Å². The zero-order valence-corrected chi connectivity index (χ0v) is 12.8. The van der Waals surface area contributed by atoms with Gasteiger partial charge < -0.3 is 5.73 Å². The van der Waals surface area contributed by atoms with Gasteiger partial charge in [0.2, 0.25) is 0 Å². The van der Waals surface area contributed by atoms with Crippen LogP contribution in [0, 0.1) is 17.3 Å². The Kier molecular flexibility index (Phi) is 4.08. The lowest BCUT2D eigenvalue weighted by Crippen LogP contribution is -2.55. The molecule has 1 aliphatic heterocycles. The second kappa shape index (κ2) is 5.13. The maximum atomic E-state index is 6.19. The van der Waals surface area contributed by atoms with E-state index in [9.17, 15) is 0 Å². The van der Waals surface area contributed by atoms with Crippen molar-refractivity contribution in [3.05, 3.63) is 0 Å². The molecule has 18 heavy (non-hydrogen) atoms. The van der Waals surface area contributed by atoms with Gasteiger partial charge in [0.05, 0.1) is 0 Å². The van der Waals surface area contributed by atoms with Crippen LogP contribution in [0.15, 0.2) is 0 Å². The Morgan fingerprint density at radius 1 is 1.17 bits per heavy atom. The van der Waals surface area contributed by atoms with Gasteiger partial charge in [-0.3, -0.25) is 4.90 Å². The Hall–Kier alpha value is -0.0800. The third-order valence-electron chi connectivity index (χ3n) is 5.75. The molecule has 0 amide bonds. The summed E-state index contributed by atoms with van der Waals surface area (Å²) >= 11 is 0. The van der Waals surface area contributed by atoms with E-state index in [0.717, 1.165) is 18.4 Å². The van der Waals surface area contributed by atoms with Crippen molar-refractivity contribution in [1.82, 2.24) is 4.90 Å². The molecule has 2 nitrogen and oxygen atoms in total. The quantitative estimate of drug-likeness (QED) is 0.835. The minimum absolute atomic E-state index is 0.332. The predicted molar refractivity (Wildman–Crippen MR) is 78.6 cm³/mol. The standard InChI is InChI=1S/C16H32N2/c1-13(2)14-5-10-18(11-14)16(12-17)8-6-15(3,4)7-9-16/h13-14H,5-12,17H2,1-4H3. The van der Waals surface area contributed by atoms with Crippen molar-refractivity contribution < 1.29 is 0 Å². The SMILES string of the molecule is CC(C)C1CCN(C2(CN)CCC(C)(C)CC2)C1. The molecule has 0 radical (unpaired) electrons. The van der Waals surface area contributed by atoms with Crippen LogP contribution in [0.4, 0.5) is 0 Å². The predicted octanol–water partition coefficient (Wildman–Crippen LogP) is 3.26. The van der Waals surface area contributed by atoms with E-state index in [1.807, 2.05) is 0 Å². The molecule has 2 fully saturated rings. The van der Waals surface area contributed by atoms with Crippen molar-refractivity contribution in [2.24, 2.45) is 23.0 Å². The summed E-state index contributed by atoms with van der Waals surface area (Å²) in [5.74, 6) is 1.72. The highest BCUT2D eigenvalue weighted by Gasteiger charge is 2.44. The molecule has 1 atom stereocenters. The van der Waals surface area contributed by atoms with Crippen LogP contribution in [0.5, 0.6) is 0 Å². The molecule has 106 valence electrons. The van der Waals surface area contributed by atoms with E-state index < -0.39 is 0 Å². The fraction of sp³-hybridized carbons (Fsp3) is 1.00. The molecule has 0 aromatic carbocycles. The lowest BCUT2D eigenvalue weighted by molar-refractivity contribution is 0.0360. The summed E-state index contributed by atoms with van der Waals surface area (Å²) in [7, 11) is 0. The Labute approximate surface area is 113 Å². The first kappa shape index (κ1) is 14.3. The summed E-state index contributed by atoms with van der Waals surface area (Å²) in [6, 6.07) is 0. The van der Waals surface area contributed by atoms with Crippen molar-refractivity contribution in [2.45, 2.75) is 65.3 Å². The zero-order chi connectivity index (χ0) is 13.4. The highest BCUT2D eigenvalue weighted by molar-refractivity contribution is 5.00. The molecule has 2 rings (SSSR count). The van der Waals surface area contributed by atoms with E-state index in [0.29, 0.717) is 11.0 Å². The minimum Gasteiger partial charge on any atom is -0.329 e. The molecular formula is C16H32N2. The summed E-state index contributed by atoms with van der Waals surface area (Å²) in [6.07, 6.45) is 6.67. The maximum absolute atomic E-state index is 6.19. The highest BCUT2D eigenvalue weighted by atomic mass is 15.2. The number of nitrogens with zero attached hydrogens (tertiary/aromatic N) is 1. The van der Waals surface area contributed by atoms with E-state index >= 15 is 0 Å². The Balaban J connectivity index is 2.02. The summed E-state index contributed by atoms with van der Waals surface area (Å²) in [5, 5.41) is 0. The topological polar surface area (TPSA) is 29.3 Å². The molecular weight excluding hydrogens is 220 g/mol. The van der Waals surface area contributed by atoms with Gasteiger partial charge >= 0.3 is 0 Å². The number of likely N-dealkylation sites (tertiary alicyclic amines) is 1. The third-order valence-corrected chi connectivity index (χ3v) is 5.75. The fourth-order valence-electron chi connectivity index (χ4n) is 3.80. The van der Waals surface area contributed by atoms with Crippen LogP contribution in [0.25, 0.3) is 0 Å².